The predicted octanol–water partition coefficient (Wildman–Crippen LogP) is 3.32. The second kappa shape index (κ2) is 6.08. The van der Waals surface area contributed by atoms with Gasteiger partial charge in [-0.25, -0.2) is 4.98 Å². The fourth-order valence-corrected chi connectivity index (χ4v) is 3.48. The first-order valence-corrected chi connectivity index (χ1v) is 8.13. The molecule has 2 saturated carbocycles. The Morgan fingerprint density at radius 3 is 2.89 bits per heavy atom. The molecular weight excluding hydrogens is 234 g/mol. The Hall–Kier alpha value is -0.830. The van der Waals surface area contributed by atoms with Crippen molar-refractivity contribution in [1.29, 1.82) is 0 Å². The van der Waals surface area contributed by atoms with Gasteiger partial charge in [0.2, 0.25) is 0 Å². The van der Waals surface area contributed by atoms with Crippen LogP contribution in [0.25, 0.3) is 0 Å². The Morgan fingerprint density at radius 1 is 1.26 bits per heavy atom. The van der Waals surface area contributed by atoms with Crippen LogP contribution >= 0.6 is 0 Å². The molecule has 1 aromatic heterocycles. The zero-order valence-corrected chi connectivity index (χ0v) is 12.1. The number of aryl methyl sites for hydroxylation is 1. The third-order valence-electron chi connectivity index (χ3n) is 4.70. The summed E-state index contributed by atoms with van der Waals surface area (Å²) >= 11 is 0. The van der Waals surface area contributed by atoms with Gasteiger partial charge in [-0.3, -0.25) is 0 Å². The van der Waals surface area contributed by atoms with E-state index in [1.165, 1.54) is 57.3 Å². The quantitative estimate of drug-likeness (QED) is 0.851. The Labute approximate surface area is 116 Å². The van der Waals surface area contributed by atoms with Crippen LogP contribution in [-0.2, 0) is 6.54 Å². The molecule has 0 saturated heterocycles. The van der Waals surface area contributed by atoms with Crippen LogP contribution in [0, 0.1) is 5.92 Å². The summed E-state index contributed by atoms with van der Waals surface area (Å²) in [5.41, 5.74) is 0. The van der Waals surface area contributed by atoms with E-state index in [0.717, 1.165) is 18.5 Å². The largest absolute Gasteiger partial charge is 0.335 e. The maximum Gasteiger partial charge on any atom is 0.112 e. The Kier molecular flexibility index (Phi) is 4.21. The number of imidazole rings is 1. The smallest absolute Gasteiger partial charge is 0.112 e. The van der Waals surface area contributed by atoms with Crippen molar-refractivity contribution in [3.63, 3.8) is 0 Å². The van der Waals surface area contributed by atoms with Gasteiger partial charge in [-0.15, -0.1) is 0 Å². The summed E-state index contributed by atoms with van der Waals surface area (Å²) in [5.74, 6) is 2.83. The molecule has 0 bridgehead atoms. The van der Waals surface area contributed by atoms with Crippen molar-refractivity contribution in [2.24, 2.45) is 5.92 Å². The summed E-state index contributed by atoms with van der Waals surface area (Å²) in [6.07, 6.45) is 13.6. The average Bonchev–Trinajstić information content (AvgIpc) is 3.16. The van der Waals surface area contributed by atoms with E-state index < -0.39 is 0 Å². The van der Waals surface area contributed by atoms with E-state index >= 15 is 0 Å². The molecule has 1 N–H and O–H groups in total. The first kappa shape index (κ1) is 13.2. The third-order valence-corrected chi connectivity index (χ3v) is 4.70. The van der Waals surface area contributed by atoms with Gasteiger partial charge in [0, 0.05) is 30.9 Å². The monoisotopic (exact) mass is 261 g/mol. The van der Waals surface area contributed by atoms with Gasteiger partial charge in [0.05, 0.1) is 0 Å². The van der Waals surface area contributed by atoms with Crippen LogP contribution < -0.4 is 5.32 Å². The Bertz CT molecular complexity index is 394. The van der Waals surface area contributed by atoms with E-state index in [1.54, 1.807) is 0 Å². The minimum Gasteiger partial charge on any atom is -0.335 e. The normalized spacial score (nSPS) is 27.6. The van der Waals surface area contributed by atoms with Crippen LogP contribution in [0.1, 0.15) is 63.6 Å². The minimum absolute atomic E-state index is 0.682. The van der Waals surface area contributed by atoms with Gasteiger partial charge in [-0.1, -0.05) is 19.8 Å². The van der Waals surface area contributed by atoms with Crippen molar-refractivity contribution < 1.29 is 0 Å². The van der Waals surface area contributed by atoms with E-state index in [1.807, 2.05) is 6.20 Å². The number of hydrogen-bond donors (Lipinski definition) is 1. The highest BCUT2D eigenvalue weighted by Crippen LogP contribution is 2.37. The van der Waals surface area contributed by atoms with E-state index in [4.69, 9.17) is 0 Å². The fourth-order valence-electron chi connectivity index (χ4n) is 3.48. The molecule has 0 radical (unpaired) electrons. The molecule has 2 aliphatic rings. The van der Waals surface area contributed by atoms with Crippen LogP contribution in [0.5, 0.6) is 0 Å². The second-order valence-electron chi connectivity index (χ2n) is 6.31. The molecule has 0 aromatic carbocycles. The van der Waals surface area contributed by atoms with Gasteiger partial charge in [-0.2, -0.15) is 0 Å². The highest BCUT2D eigenvalue weighted by atomic mass is 15.1. The standard InChI is InChI=1S/C16H27N3/c1-2-10-19-11-9-17-16(19)15-6-4-3-5-13(15)12-18-14-7-8-14/h9,11,13-15,18H,2-8,10,12H2,1H3. The lowest BCUT2D eigenvalue weighted by atomic mass is 9.78. The van der Waals surface area contributed by atoms with Crippen molar-refractivity contribution >= 4 is 0 Å². The summed E-state index contributed by atoms with van der Waals surface area (Å²) in [6, 6.07) is 0.831. The average molecular weight is 261 g/mol. The molecule has 1 heterocycles. The molecule has 19 heavy (non-hydrogen) atoms. The van der Waals surface area contributed by atoms with E-state index in [0.29, 0.717) is 5.92 Å². The first-order valence-electron chi connectivity index (χ1n) is 8.13. The highest BCUT2D eigenvalue weighted by molar-refractivity contribution is 5.05. The molecule has 0 spiro atoms. The number of aromatic nitrogens is 2. The van der Waals surface area contributed by atoms with Gasteiger partial charge in [0.25, 0.3) is 0 Å². The third kappa shape index (κ3) is 3.19. The van der Waals surface area contributed by atoms with Crippen molar-refractivity contribution in [2.75, 3.05) is 6.54 Å². The van der Waals surface area contributed by atoms with E-state index in [-0.39, 0.29) is 0 Å². The van der Waals surface area contributed by atoms with Gasteiger partial charge >= 0.3 is 0 Å². The van der Waals surface area contributed by atoms with Gasteiger partial charge in [0.1, 0.15) is 5.82 Å². The second-order valence-corrected chi connectivity index (χ2v) is 6.31. The molecule has 3 rings (SSSR count). The van der Waals surface area contributed by atoms with Crippen molar-refractivity contribution in [1.82, 2.24) is 14.9 Å². The van der Waals surface area contributed by atoms with Gasteiger partial charge in [0.15, 0.2) is 0 Å². The van der Waals surface area contributed by atoms with Crippen LogP contribution in [-0.4, -0.2) is 22.1 Å². The van der Waals surface area contributed by atoms with Crippen LogP contribution in [0.2, 0.25) is 0 Å². The van der Waals surface area contributed by atoms with Crippen LogP contribution in [0.3, 0.4) is 0 Å². The van der Waals surface area contributed by atoms with Crippen molar-refractivity contribution in [2.45, 2.75) is 70.4 Å². The van der Waals surface area contributed by atoms with Gasteiger partial charge < -0.3 is 9.88 Å². The molecule has 3 nitrogen and oxygen atoms in total. The predicted molar refractivity (Wildman–Crippen MR) is 78.2 cm³/mol. The lowest BCUT2D eigenvalue weighted by Crippen LogP contribution is -2.32. The first-order chi connectivity index (χ1) is 9.38. The summed E-state index contributed by atoms with van der Waals surface area (Å²) in [5, 5.41) is 3.73. The molecule has 3 heteroatoms. The number of nitrogens with zero attached hydrogens (tertiary/aromatic N) is 2. The number of rotatable bonds is 6. The van der Waals surface area contributed by atoms with E-state index in [2.05, 4.69) is 28.0 Å². The molecule has 0 amide bonds. The molecule has 2 atom stereocenters. The molecule has 2 aliphatic carbocycles. The maximum atomic E-state index is 4.69. The summed E-state index contributed by atoms with van der Waals surface area (Å²) in [4.78, 5) is 4.69. The Morgan fingerprint density at radius 2 is 2.11 bits per heavy atom. The van der Waals surface area contributed by atoms with Crippen molar-refractivity contribution in [3.8, 4) is 0 Å². The summed E-state index contributed by atoms with van der Waals surface area (Å²) < 4.78 is 2.39. The SMILES string of the molecule is CCCn1ccnc1C1CCCCC1CNC1CC1. The zero-order valence-electron chi connectivity index (χ0n) is 12.1. The number of nitrogens with one attached hydrogen (secondary N) is 1. The minimum atomic E-state index is 0.682. The molecule has 2 unspecified atom stereocenters. The molecule has 0 aliphatic heterocycles. The lowest BCUT2D eigenvalue weighted by Gasteiger charge is -2.31. The molecule has 106 valence electrons. The summed E-state index contributed by atoms with van der Waals surface area (Å²) in [6.45, 7) is 4.57. The zero-order chi connectivity index (χ0) is 13.1. The fraction of sp³-hybridized carbons (Fsp3) is 0.812. The maximum absolute atomic E-state index is 4.69. The molecule has 2 fully saturated rings. The number of hydrogen-bond acceptors (Lipinski definition) is 2. The van der Waals surface area contributed by atoms with Crippen LogP contribution in [0.4, 0.5) is 0 Å². The topological polar surface area (TPSA) is 29.9 Å². The summed E-state index contributed by atoms with van der Waals surface area (Å²) in [7, 11) is 0. The molecule has 1 aromatic rings. The lowest BCUT2D eigenvalue weighted by molar-refractivity contribution is 0.280. The Balaban J connectivity index is 1.68. The van der Waals surface area contributed by atoms with Crippen LogP contribution in [0.15, 0.2) is 12.4 Å². The highest BCUT2D eigenvalue weighted by Gasteiger charge is 2.31. The van der Waals surface area contributed by atoms with Gasteiger partial charge in [-0.05, 0) is 44.6 Å². The molecular formula is C16H27N3. The van der Waals surface area contributed by atoms with Crippen molar-refractivity contribution in [3.05, 3.63) is 18.2 Å². The van der Waals surface area contributed by atoms with E-state index in [9.17, 15) is 0 Å².